The van der Waals surface area contributed by atoms with Crippen LogP contribution in [0.5, 0.6) is 5.88 Å². The van der Waals surface area contributed by atoms with Crippen molar-refractivity contribution in [2.24, 2.45) is 0 Å². The molecule has 0 amide bonds. The second-order valence-electron chi connectivity index (χ2n) is 3.80. The maximum atomic E-state index is 12.4. The quantitative estimate of drug-likeness (QED) is 0.829. The van der Waals surface area contributed by atoms with E-state index in [-0.39, 0.29) is 6.61 Å². The molecule has 0 saturated heterocycles. The highest BCUT2D eigenvalue weighted by atomic mass is 79.9. The van der Waals surface area contributed by atoms with Crippen LogP contribution in [0.2, 0.25) is 0 Å². The van der Waals surface area contributed by atoms with E-state index < -0.39 is 11.7 Å². The van der Waals surface area contributed by atoms with Gasteiger partial charge in [-0.2, -0.15) is 13.2 Å². The highest BCUT2D eigenvalue weighted by molar-refractivity contribution is 9.10. The summed E-state index contributed by atoms with van der Waals surface area (Å²) in [6.45, 7) is 0.173. The molecule has 0 aliphatic carbocycles. The molecule has 1 aromatic carbocycles. The Morgan fingerprint density at radius 2 is 1.74 bits per heavy atom. The van der Waals surface area contributed by atoms with E-state index in [9.17, 15) is 13.2 Å². The maximum absolute atomic E-state index is 12.4. The highest BCUT2D eigenvalue weighted by Gasteiger charge is 2.29. The number of hydrogen-bond acceptors (Lipinski definition) is 2. The normalized spacial score (nSPS) is 11.4. The molecule has 2 aromatic rings. The van der Waals surface area contributed by atoms with Gasteiger partial charge in [-0.1, -0.05) is 12.1 Å². The van der Waals surface area contributed by atoms with E-state index in [1.54, 1.807) is 18.3 Å². The second kappa shape index (κ2) is 5.61. The first-order chi connectivity index (χ1) is 8.95. The first-order valence-corrected chi connectivity index (χ1v) is 6.15. The minimum absolute atomic E-state index is 0.173. The minimum atomic E-state index is -4.31. The number of nitrogens with zero attached hydrogens (tertiary/aromatic N) is 1. The molecule has 0 aliphatic heterocycles. The number of aromatic nitrogens is 1. The van der Waals surface area contributed by atoms with E-state index in [2.05, 4.69) is 20.9 Å². The van der Waals surface area contributed by atoms with Crippen molar-refractivity contribution in [2.45, 2.75) is 12.8 Å². The summed E-state index contributed by atoms with van der Waals surface area (Å²) >= 11 is 3.24. The second-order valence-corrected chi connectivity index (χ2v) is 4.71. The number of halogens is 4. The molecule has 2 nitrogen and oxygen atoms in total. The minimum Gasteiger partial charge on any atom is -0.473 e. The van der Waals surface area contributed by atoms with Crippen LogP contribution >= 0.6 is 15.9 Å². The van der Waals surface area contributed by atoms with Crippen LogP contribution < -0.4 is 4.74 Å². The molecule has 0 atom stereocenters. The van der Waals surface area contributed by atoms with E-state index in [0.29, 0.717) is 11.4 Å². The third kappa shape index (κ3) is 3.96. The van der Waals surface area contributed by atoms with Crippen LogP contribution in [0.15, 0.2) is 47.1 Å². The van der Waals surface area contributed by atoms with Crippen molar-refractivity contribution in [3.05, 3.63) is 58.2 Å². The predicted octanol–water partition coefficient (Wildman–Crippen LogP) is 4.44. The summed E-state index contributed by atoms with van der Waals surface area (Å²) in [6, 6.07) is 8.30. The van der Waals surface area contributed by atoms with Crippen molar-refractivity contribution in [1.29, 1.82) is 0 Å². The van der Waals surface area contributed by atoms with Crippen molar-refractivity contribution >= 4 is 15.9 Å². The van der Waals surface area contributed by atoms with Crippen LogP contribution in [0.1, 0.15) is 11.1 Å². The first kappa shape index (κ1) is 13.9. The third-order valence-corrected chi connectivity index (χ3v) is 2.84. The van der Waals surface area contributed by atoms with E-state index in [0.717, 1.165) is 16.6 Å². The van der Waals surface area contributed by atoms with E-state index >= 15 is 0 Å². The molecule has 1 aromatic heterocycles. The Bertz CT molecular complexity index is 537. The average Bonchev–Trinajstić information content (AvgIpc) is 2.37. The number of benzene rings is 1. The van der Waals surface area contributed by atoms with Crippen LogP contribution in [0.3, 0.4) is 0 Å². The topological polar surface area (TPSA) is 22.1 Å². The fourth-order valence-corrected chi connectivity index (χ4v) is 1.63. The Labute approximate surface area is 116 Å². The van der Waals surface area contributed by atoms with Crippen LogP contribution in [-0.2, 0) is 12.8 Å². The average molecular weight is 332 g/mol. The SMILES string of the molecule is FC(F)(F)c1ccc(COc2ccc(Br)cn2)cc1. The lowest BCUT2D eigenvalue weighted by atomic mass is 10.1. The number of pyridine rings is 1. The zero-order chi connectivity index (χ0) is 13.9. The zero-order valence-electron chi connectivity index (χ0n) is 9.62. The summed E-state index contributed by atoms with van der Waals surface area (Å²) < 4.78 is 43.3. The lowest BCUT2D eigenvalue weighted by molar-refractivity contribution is -0.137. The van der Waals surface area contributed by atoms with E-state index in [1.165, 1.54) is 12.1 Å². The third-order valence-electron chi connectivity index (χ3n) is 2.37. The molecular formula is C13H9BrF3NO. The molecule has 19 heavy (non-hydrogen) atoms. The van der Waals surface area contributed by atoms with Gasteiger partial charge in [0.1, 0.15) is 6.61 Å². The molecule has 0 fully saturated rings. The van der Waals surface area contributed by atoms with E-state index in [1.807, 2.05) is 0 Å². The summed E-state index contributed by atoms with van der Waals surface area (Å²) in [7, 11) is 0. The van der Waals surface area contributed by atoms with Gasteiger partial charge in [-0.05, 0) is 39.7 Å². The first-order valence-electron chi connectivity index (χ1n) is 5.35. The van der Waals surface area contributed by atoms with E-state index in [4.69, 9.17) is 4.74 Å². The predicted molar refractivity (Wildman–Crippen MR) is 67.7 cm³/mol. The fraction of sp³-hybridized carbons (Fsp3) is 0.154. The summed E-state index contributed by atoms with van der Waals surface area (Å²) in [5.41, 5.74) is -0.0178. The van der Waals surface area contributed by atoms with Gasteiger partial charge in [0.15, 0.2) is 0 Å². The van der Waals surface area contributed by atoms with Crippen molar-refractivity contribution in [3.8, 4) is 5.88 Å². The molecule has 0 bridgehead atoms. The molecule has 6 heteroatoms. The van der Waals surface area contributed by atoms with Gasteiger partial charge in [0.25, 0.3) is 0 Å². The monoisotopic (exact) mass is 331 g/mol. The van der Waals surface area contributed by atoms with Gasteiger partial charge in [0, 0.05) is 16.7 Å². The molecule has 0 radical (unpaired) electrons. The van der Waals surface area contributed by atoms with Gasteiger partial charge < -0.3 is 4.74 Å². The Morgan fingerprint density at radius 1 is 1.05 bits per heavy atom. The standard InChI is InChI=1S/C13H9BrF3NO/c14-11-5-6-12(18-7-11)19-8-9-1-3-10(4-2-9)13(15,16)17/h1-7H,8H2. The molecule has 2 rings (SSSR count). The van der Waals surface area contributed by atoms with Crippen molar-refractivity contribution in [3.63, 3.8) is 0 Å². The van der Waals surface area contributed by atoms with Crippen molar-refractivity contribution in [1.82, 2.24) is 4.98 Å². The number of ether oxygens (including phenoxy) is 1. The smallest absolute Gasteiger partial charge is 0.416 e. The van der Waals surface area contributed by atoms with Gasteiger partial charge >= 0.3 is 6.18 Å². The molecule has 0 spiro atoms. The Kier molecular flexibility index (Phi) is 4.09. The van der Waals surface area contributed by atoms with Gasteiger partial charge in [0.05, 0.1) is 5.56 Å². The largest absolute Gasteiger partial charge is 0.473 e. The number of hydrogen-bond donors (Lipinski definition) is 0. The van der Waals surface area contributed by atoms with Gasteiger partial charge in [-0.3, -0.25) is 0 Å². The van der Waals surface area contributed by atoms with Gasteiger partial charge in [0.2, 0.25) is 5.88 Å². The summed E-state index contributed by atoms with van der Waals surface area (Å²) in [4.78, 5) is 4.00. The summed E-state index contributed by atoms with van der Waals surface area (Å²) in [5.74, 6) is 0.420. The Morgan fingerprint density at radius 3 is 2.26 bits per heavy atom. The van der Waals surface area contributed by atoms with Gasteiger partial charge in [-0.25, -0.2) is 4.98 Å². The van der Waals surface area contributed by atoms with Crippen molar-refractivity contribution in [2.75, 3.05) is 0 Å². The molecule has 0 aliphatic rings. The molecular weight excluding hydrogens is 323 g/mol. The lowest BCUT2D eigenvalue weighted by Crippen LogP contribution is -2.05. The maximum Gasteiger partial charge on any atom is 0.416 e. The van der Waals surface area contributed by atoms with Crippen LogP contribution in [0.4, 0.5) is 13.2 Å². The number of rotatable bonds is 3. The van der Waals surface area contributed by atoms with Crippen LogP contribution in [-0.4, -0.2) is 4.98 Å². The van der Waals surface area contributed by atoms with Crippen molar-refractivity contribution < 1.29 is 17.9 Å². The van der Waals surface area contributed by atoms with Gasteiger partial charge in [-0.15, -0.1) is 0 Å². The molecule has 1 heterocycles. The summed E-state index contributed by atoms with van der Waals surface area (Å²) in [6.07, 6.45) is -2.73. The molecule has 0 saturated carbocycles. The van der Waals surface area contributed by atoms with Crippen LogP contribution in [0.25, 0.3) is 0 Å². The Balaban J connectivity index is 1.98. The lowest BCUT2D eigenvalue weighted by Gasteiger charge is -2.08. The highest BCUT2D eigenvalue weighted by Crippen LogP contribution is 2.29. The molecule has 0 unspecified atom stereocenters. The zero-order valence-corrected chi connectivity index (χ0v) is 11.2. The summed E-state index contributed by atoms with van der Waals surface area (Å²) in [5, 5.41) is 0. The Hall–Kier alpha value is -1.56. The molecule has 0 N–H and O–H groups in total. The fourth-order valence-electron chi connectivity index (χ4n) is 1.39. The molecule has 100 valence electrons. The number of alkyl halides is 3. The van der Waals surface area contributed by atoms with Crippen LogP contribution in [0, 0.1) is 0 Å².